The Morgan fingerprint density at radius 2 is 2.33 bits per heavy atom. The first-order chi connectivity index (χ1) is 8.51. The van der Waals surface area contributed by atoms with E-state index in [2.05, 4.69) is 45.1 Å². The van der Waals surface area contributed by atoms with Crippen LogP contribution in [0.1, 0.15) is 13.8 Å². The lowest BCUT2D eigenvalue weighted by Gasteiger charge is -2.26. The fraction of sp³-hybridized carbons (Fsp3) is 0.417. The molecule has 2 aromatic rings. The van der Waals surface area contributed by atoms with Crippen LogP contribution in [0.5, 0.6) is 0 Å². The molecule has 3 rings (SSSR count). The van der Waals surface area contributed by atoms with Gasteiger partial charge < -0.3 is 5.32 Å². The Kier molecular flexibility index (Phi) is 2.45. The molecule has 0 spiro atoms. The van der Waals surface area contributed by atoms with Crippen molar-refractivity contribution in [2.75, 3.05) is 5.32 Å². The smallest absolute Gasteiger partial charge is 0.349 e. The summed E-state index contributed by atoms with van der Waals surface area (Å²) in [6, 6.07) is 3.58. The lowest BCUT2D eigenvalue weighted by molar-refractivity contribution is 0.460. The second-order valence-corrected chi connectivity index (χ2v) is 6.26. The number of fused-ring (bicyclic) bond motifs is 3. The van der Waals surface area contributed by atoms with Gasteiger partial charge in [-0.15, -0.1) is 0 Å². The second-order valence-electron chi connectivity index (χ2n) is 4.84. The average molecular weight is 309 g/mol. The molecule has 1 aliphatic rings. The Bertz CT molecular complexity index is 681. The van der Waals surface area contributed by atoms with Crippen molar-refractivity contribution in [3.63, 3.8) is 0 Å². The average Bonchev–Trinajstić information content (AvgIpc) is 2.70. The lowest BCUT2D eigenvalue weighted by atomic mass is 10.1. The molecule has 18 heavy (non-hydrogen) atoms. The van der Waals surface area contributed by atoms with Crippen molar-refractivity contribution >= 4 is 32.8 Å². The van der Waals surface area contributed by atoms with E-state index >= 15 is 0 Å². The molecule has 3 heterocycles. The van der Waals surface area contributed by atoms with E-state index in [1.807, 2.05) is 0 Å². The summed E-state index contributed by atoms with van der Waals surface area (Å²) >= 11 is 3.68. The molecule has 0 saturated carbocycles. The molecule has 0 amide bonds. The minimum atomic E-state index is -0.313. The summed E-state index contributed by atoms with van der Waals surface area (Å²) in [5, 5.41) is 3.37. The number of alkyl halides is 1. The summed E-state index contributed by atoms with van der Waals surface area (Å²) in [6.45, 7) is 4.75. The van der Waals surface area contributed by atoms with Crippen molar-refractivity contribution in [1.82, 2.24) is 14.5 Å². The maximum absolute atomic E-state index is 12.0. The summed E-state index contributed by atoms with van der Waals surface area (Å²) < 4.78 is 1.33. The van der Waals surface area contributed by atoms with Crippen molar-refractivity contribution in [1.29, 1.82) is 0 Å². The van der Waals surface area contributed by atoms with Crippen molar-refractivity contribution in [3.05, 3.63) is 28.8 Å². The van der Waals surface area contributed by atoms with E-state index in [0.717, 1.165) is 11.3 Å². The Labute approximate surface area is 112 Å². The van der Waals surface area contributed by atoms with E-state index < -0.39 is 0 Å². The van der Waals surface area contributed by atoms with Gasteiger partial charge in [-0.3, -0.25) is 9.55 Å². The first-order valence-corrected chi connectivity index (χ1v) is 6.63. The zero-order chi connectivity index (χ0) is 12.9. The van der Waals surface area contributed by atoms with Crippen LogP contribution in [0.15, 0.2) is 23.1 Å². The molecule has 0 aromatic carbocycles. The predicted molar refractivity (Wildman–Crippen MR) is 73.9 cm³/mol. The van der Waals surface area contributed by atoms with Gasteiger partial charge in [0.15, 0.2) is 0 Å². The molecule has 0 saturated heterocycles. The van der Waals surface area contributed by atoms with E-state index in [0.29, 0.717) is 18.0 Å². The maximum Gasteiger partial charge on any atom is 0.349 e. The first kappa shape index (κ1) is 11.6. The summed E-state index contributed by atoms with van der Waals surface area (Å²) in [4.78, 5) is 20.4. The third kappa shape index (κ3) is 1.55. The summed E-state index contributed by atoms with van der Waals surface area (Å²) in [5.41, 5.74) is 1.13. The molecular weight excluding hydrogens is 296 g/mol. The number of hydrogen-bond donors (Lipinski definition) is 1. The van der Waals surface area contributed by atoms with Gasteiger partial charge in [0.25, 0.3) is 0 Å². The molecule has 1 unspecified atom stereocenters. The Morgan fingerprint density at radius 3 is 3.06 bits per heavy atom. The molecule has 0 aliphatic carbocycles. The van der Waals surface area contributed by atoms with Crippen LogP contribution in [0.3, 0.4) is 0 Å². The highest BCUT2D eigenvalue weighted by molar-refractivity contribution is 9.10. The van der Waals surface area contributed by atoms with E-state index in [4.69, 9.17) is 0 Å². The minimum absolute atomic E-state index is 0.236. The van der Waals surface area contributed by atoms with Gasteiger partial charge in [0.05, 0.1) is 12.1 Å². The molecule has 5 nitrogen and oxygen atoms in total. The number of aromatic nitrogens is 3. The molecular formula is C12H13BrN4O. The van der Waals surface area contributed by atoms with Crippen LogP contribution in [-0.2, 0) is 6.54 Å². The summed E-state index contributed by atoms with van der Waals surface area (Å²) in [6.07, 6.45) is 1.71. The van der Waals surface area contributed by atoms with Crippen molar-refractivity contribution < 1.29 is 0 Å². The molecule has 0 bridgehead atoms. The maximum atomic E-state index is 12.0. The van der Waals surface area contributed by atoms with Crippen molar-refractivity contribution in [2.24, 2.45) is 5.92 Å². The SMILES string of the molecule is CC(C)C1(Br)Cn2c(c3ncccc3nc2=O)N1. The van der Waals surface area contributed by atoms with Gasteiger partial charge in [0.1, 0.15) is 15.8 Å². The van der Waals surface area contributed by atoms with Crippen LogP contribution in [0.25, 0.3) is 11.0 Å². The number of pyridine rings is 1. The quantitative estimate of drug-likeness (QED) is 0.646. The van der Waals surface area contributed by atoms with Crippen LogP contribution in [0.4, 0.5) is 5.82 Å². The molecule has 1 atom stereocenters. The number of anilines is 1. The summed E-state index contributed by atoms with van der Waals surface area (Å²) in [5.74, 6) is 1.08. The number of nitrogens with zero attached hydrogens (tertiary/aromatic N) is 3. The highest BCUT2D eigenvalue weighted by Gasteiger charge is 2.39. The number of rotatable bonds is 1. The predicted octanol–water partition coefficient (Wildman–Crippen LogP) is 1.96. The normalized spacial score (nSPS) is 22.2. The highest BCUT2D eigenvalue weighted by atomic mass is 79.9. The topological polar surface area (TPSA) is 59.8 Å². The van der Waals surface area contributed by atoms with Crippen LogP contribution in [-0.4, -0.2) is 19.0 Å². The van der Waals surface area contributed by atoms with E-state index in [9.17, 15) is 4.79 Å². The number of nitrogens with one attached hydrogen (secondary N) is 1. The van der Waals surface area contributed by atoms with Gasteiger partial charge in [0.2, 0.25) is 0 Å². The van der Waals surface area contributed by atoms with Crippen LogP contribution in [0, 0.1) is 5.92 Å². The van der Waals surface area contributed by atoms with E-state index in [1.165, 1.54) is 0 Å². The molecule has 1 N–H and O–H groups in total. The molecule has 0 radical (unpaired) electrons. The van der Waals surface area contributed by atoms with Gasteiger partial charge >= 0.3 is 5.69 Å². The van der Waals surface area contributed by atoms with Crippen molar-refractivity contribution in [3.8, 4) is 0 Å². The van der Waals surface area contributed by atoms with Gasteiger partial charge in [0, 0.05) is 6.20 Å². The van der Waals surface area contributed by atoms with Gasteiger partial charge in [-0.1, -0.05) is 29.8 Å². The first-order valence-electron chi connectivity index (χ1n) is 5.84. The standard InChI is InChI=1S/C12H13BrN4O/c1-7(2)12(13)6-17-10(16-12)9-8(15-11(17)18)4-3-5-14-9/h3-5,7,16H,6H2,1-2H3. The van der Waals surface area contributed by atoms with Crippen molar-refractivity contribution in [2.45, 2.75) is 24.8 Å². The van der Waals surface area contributed by atoms with Gasteiger partial charge in [-0.05, 0) is 18.1 Å². The largest absolute Gasteiger partial charge is 0.353 e. The third-order valence-corrected chi connectivity index (χ3v) is 4.72. The van der Waals surface area contributed by atoms with Crippen LogP contribution in [0.2, 0.25) is 0 Å². The second kappa shape index (κ2) is 3.78. The third-order valence-electron chi connectivity index (χ3n) is 3.36. The Balaban J connectivity index is 2.27. The number of hydrogen-bond acceptors (Lipinski definition) is 4. The molecule has 2 aromatic heterocycles. The molecule has 1 aliphatic heterocycles. The number of halogens is 1. The monoisotopic (exact) mass is 308 g/mol. The Morgan fingerprint density at radius 1 is 1.56 bits per heavy atom. The zero-order valence-corrected chi connectivity index (χ0v) is 11.7. The molecule has 94 valence electrons. The minimum Gasteiger partial charge on any atom is -0.353 e. The zero-order valence-electron chi connectivity index (χ0n) is 10.1. The van der Waals surface area contributed by atoms with Gasteiger partial charge in [-0.25, -0.2) is 4.79 Å². The summed E-state index contributed by atoms with van der Waals surface area (Å²) in [7, 11) is 0. The lowest BCUT2D eigenvalue weighted by Crippen LogP contribution is -2.36. The van der Waals surface area contributed by atoms with Crippen LogP contribution < -0.4 is 11.0 Å². The van der Waals surface area contributed by atoms with E-state index in [-0.39, 0.29) is 10.1 Å². The molecule has 6 heteroatoms. The Hall–Kier alpha value is -1.43. The fourth-order valence-electron chi connectivity index (χ4n) is 2.12. The van der Waals surface area contributed by atoms with E-state index in [1.54, 1.807) is 22.9 Å². The highest BCUT2D eigenvalue weighted by Crippen LogP contribution is 2.38. The van der Waals surface area contributed by atoms with Gasteiger partial charge in [-0.2, -0.15) is 4.98 Å². The van der Waals surface area contributed by atoms with Crippen LogP contribution >= 0.6 is 15.9 Å². The fourth-order valence-corrected chi connectivity index (χ4v) is 2.56. The molecule has 0 fully saturated rings.